The number of ether oxygens (including phenoxy) is 1. The third kappa shape index (κ3) is 3.82. The second-order valence-corrected chi connectivity index (χ2v) is 6.28. The highest BCUT2D eigenvalue weighted by Crippen LogP contribution is 2.36. The van der Waals surface area contributed by atoms with Crippen LogP contribution in [0.2, 0.25) is 0 Å². The van der Waals surface area contributed by atoms with E-state index in [1.54, 1.807) is 0 Å². The summed E-state index contributed by atoms with van der Waals surface area (Å²) in [4.78, 5) is 11.5. The van der Waals surface area contributed by atoms with Gasteiger partial charge in [-0.25, -0.2) is 0 Å². The monoisotopic (exact) mass is 260 g/mol. The number of rotatable bonds is 4. The van der Waals surface area contributed by atoms with Gasteiger partial charge in [-0.15, -0.1) is 0 Å². The van der Waals surface area contributed by atoms with Crippen LogP contribution in [0.15, 0.2) is 24.3 Å². The normalized spacial score (nSPS) is 19.1. The first kappa shape index (κ1) is 14.1. The van der Waals surface area contributed by atoms with E-state index in [-0.39, 0.29) is 5.78 Å². The standard InChI is InChI=1S/C17H24O2/c1-4-16(18)13-5-7-14(8-6-13)19-15-9-11-17(2,3)12-10-15/h5-8,15H,4,9-12H2,1-3H3. The molecule has 104 valence electrons. The summed E-state index contributed by atoms with van der Waals surface area (Å²) in [6.07, 6.45) is 5.60. The second-order valence-electron chi connectivity index (χ2n) is 6.28. The maximum Gasteiger partial charge on any atom is 0.162 e. The lowest BCUT2D eigenvalue weighted by Crippen LogP contribution is -2.28. The summed E-state index contributed by atoms with van der Waals surface area (Å²) in [5.41, 5.74) is 1.25. The fraction of sp³-hybridized carbons (Fsp3) is 0.588. The number of ketones is 1. The minimum atomic E-state index is 0.186. The molecule has 0 bridgehead atoms. The van der Waals surface area contributed by atoms with Crippen molar-refractivity contribution in [2.45, 2.75) is 59.0 Å². The molecule has 2 rings (SSSR count). The van der Waals surface area contributed by atoms with Crippen molar-refractivity contribution in [3.63, 3.8) is 0 Å². The van der Waals surface area contributed by atoms with Gasteiger partial charge in [-0.05, 0) is 55.4 Å². The summed E-state index contributed by atoms with van der Waals surface area (Å²) >= 11 is 0. The van der Waals surface area contributed by atoms with Crippen LogP contribution in [0.5, 0.6) is 5.75 Å². The molecule has 0 spiro atoms. The number of carbonyl (C=O) groups excluding carboxylic acids is 1. The molecule has 0 N–H and O–H groups in total. The highest BCUT2D eigenvalue weighted by Gasteiger charge is 2.27. The second kappa shape index (κ2) is 5.77. The lowest BCUT2D eigenvalue weighted by molar-refractivity contribution is 0.0979. The Morgan fingerprint density at radius 1 is 1.21 bits per heavy atom. The van der Waals surface area contributed by atoms with E-state index in [0.717, 1.165) is 24.2 Å². The molecule has 0 saturated heterocycles. The van der Waals surface area contributed by atoms with Crippen molar-refractivity contribution in [1.82, 2.24) is 0 Å². The van der Waals surface area contributed by atoms with Crippen LogP contribution in [0.4, 0.5) is 0 Å². The van der Waals surface area contributed by atoms with Gasteiger partial charge in [0.25, 0.3) is 0 Å². The van der Waals surface area contributed by atoms with Gasteiger partial charge in [0.1, 0.15) is 5.75 Å². The number of Topliss-reactive ketones (excluding diaryl/α,β-unsaturated/α-hetero) is 1. The Bertz CT molecular complexity index is 421. The van der Waals surface area contributed by atoms with E-state index in [1.165, 1.54) is 12.8 Å². The molecule has 1 aliphatic carbocycles. The molecule has 1 fully saturated rings. The van der Waals surface area contributed by atoms with Crippen LogP contribution in [-0.4, -0.2) is 11.9 Å². The number of hydrogen-bond donors (Lipinski definition) is 0. The molecular weight excluding hydrogens is 236 g/mol. The van der Waals surface area contributed by atoms with Gasteiger partial charge in [-0.1, -0.05) is 20.8 Å². The topological polar surface area (TPSA) is 26.3 Å². The average Bonchev–Trinajstić information content (AvgIpc) is 2.41. The molecule has 0 atom stereocenters. The highest BCUT2D eigenvalue weighted by atomic mass is 16.5. The van der Waals surface area contributed by atoms with Crippen molar-refractivity contribution in [3.05, 3.63) is 29.8 Å². The van der Waals surface area contributed by atoms with Crippen molar-refractivity contribution in [3.8, 4) is 5.75 Å². The number of benzene rings is 1. The van der Waals surface area contributed by atoms with E-state index in [4.69, 9.17) is 4.74 Å². The minimum Gasteiger partial charge on any atom is -0.490 e. The lowest BCUT2D eigenvalue weighted by atomic mass is 9.76. The molecule has 0 amide bonds. The van der Waals surface area contributed by atoms with E-state index in [9.17, 15) is 4.79 Å². The Morgan fingerprint density at radius 3 is 2.32 bits per heavy atom. The molecule has 0 radical (unpaired) electrons. The summed E-state index contributed by atoms with van der Waals surface area (Å²) in [6, 6.07) is 7.58. The molecule has 2 nitrogen and oxygen atoms in total. The number of hydrogen-bond acceptors (Lipinski definition) is 2. The molecule has 1 aromatic carbocycles. The number of carbonyl (C=O) groups is 1. The third-order valence-corrected chi connectivity index (χ3v) is 4.09. The predicted octanol–water partition coefficient (Wildman–Crippen LogP) is 4.63. The van der Waals surface area contributed by atoms with Gasteiger partial charge in [-0.2, -0.15) is 0 Å². The molecule has 1 aliphatic rings. The largest absolute Gasteiger partial charge is 0.490 e. The van der Waals surface area contributed by atoms with Crippen molar-refractivity contribution in [2.75, 3.05) is 0 Å². The van der Waals surface area contributed by atoms with E-state index >= 15 is 0 Å². The fourth-order valence-corrected chi connectivity index (χ4v) is 2.61. The quantitative estimate of drug-likeness (QED) is 0.738. The molecule has 19 heavy (non-hydrogen) atoms. The van der Waals surface area contributed by atoms with Crippen LogP contribution in [0.1, 0.15) is 63.2 Å². The Hall–Kier alpha value is -1.31. The molecule has 1 saturated carbocycles. The van der Waals surface area contributed by atoms with Crippen LogP contribution >= 0.6 is 0 Å². The molecule has 0 aliphatic heterocycles. The van der Waals surface area contributed by atoms with Crippen LogP contribution in [0, 0.1) is 5.41 Å². The van der Waals surface area contributed by atoms with Crippen molar-refractivity contribution < 1.29 is 9.53 Å². The van der Waals surface area contributed by atoms with Gasteiger partial charge in [-0.3, -0.25) is 4.79 Å². The first-order valence-electron chi connectivity index (χ1n) is 7.30. The Balaban J connectivity index is 1.92. The SMILES string of the molecule is CCC(=O)c1ccc(OC2CCC(C)(C)CC2)cc1. The first-order valence-corrected chi connectivity index (χ1v) is 7.30. The van der Waals surface area contributed by atoms with E-state index < -0.39 is 0 Å². The van der Waals surface area contributed by atoms with E-state index in [2.05, 4.69) is 13.8 Å². The summed E-state index contributed by atoms with van der Waals surface area (Å²) < 4.78 is 6.01. The van der Waals surface area contributed by atoms with Crippen LogP contribution < -0.4 is 4.74 Å². The summed E-state index contributed by atoms with van der Waals surface area (Å²) in [5, 5.41) is 0. The molecule has 2 heteroatoms. The van der Waals surface area contributed by atoms with Gasteiger partial charge < -0.3 is 4.74 Å². The Labute approximate surface area is 116 Å². The van der Waals surface area contributed by atoms with E-state index in [1.807, 2.05) is 31.2 Å². The van der Waals surface area contributed by atoms with Crippen molar-refractivity contribution in [2.24, 2.45) is 5.41 Å². The molecule has 0 unspecified atom stereocenters. The van der Waals surface area contributed by atoms with Gasteiger partial charge >= 0.3 is 0 Å². The van der Waals surface area contributed by atoms with Crippen LogP contribution in [-0.2, 0) is 0 Å². The molecule has 0 heterocycles. The molecular formula is C17H24O2. The van der Waals surface area contributed by atoms with Gasteiger partial charge in [0.05, 0.1) is 6.10 Å². The van der Waals surface area contributed by atoms with Crippen LogP contribution in [0.3, 0.4) is 0 Å². The highest BCUT2D eigenvalue weighted by molar-refractivity contribution is 5.95. The van der Waals surface area contributed by atoms with E-state index in [0.29, 0.717) is 17.9 Å². The van der Waals surface area contributed by atoms with Crippen molar-refractivity contribution in [1.29, 1.82) is 0 Å². The Morgan fingerprint density at radius 2 is 1.79 bits per heavy atom. The van der Waals surface area contributed by atoms with Crippen LogP contribution in [0.25, 0.3) is 0 Å². The summed E-state index contributed by atoms with van der Waals surface area (Å²) in [7, 11) is 0. The zero-order valence-corrected chi connectivity index (χ0v) is 12.2. The Kier molecular flexibility index (Phi) is 4.28. The summed E-state index contributed by atoms with van der Waals surface area (Å²) in [6.45, 7) is 6.54. The first-order chi connectivity index (χ1) is 9.00. The molecule has 0 aromatic heterocycles. The third-order valence-electron chi connectivity index (χ3n) is 4.09. The van der Waals surface area contributed by atoms with Gasteiger partial charge in [0.2, 0.25) is 0 Å². The summed E-state index contributed by atoms with van der Waals surface area (Å²) in [5.74, 6) is 1.07. The zero-order valence-electron chi connectivity index (χ0n) is 12.2. The predicted molar refractivity (Wildman–Crippen MR) is 77.7 cm³/mol. The average molecular weight is 260 g/mol. The minimum absolute atomic E-state index is 0.186. The lowest BCUT2D eigenvalue weighted by Gasteiger charge is -2.34. The zero-order chi connectivity index (χ0) is 13.9. The maximum absolute atomic E-state index is 11.5. The van der Waals surface area contributed by atoms with Gasteiger partial charge in [0, 0.05) is 12.0 Å². The van der Waals surface area contributed by atoms with Gasteiger partial charge in [0.15, 0.2) is 5.78 Å². The maximum atomic E-state index is 11.5. The fourth-order valence-electron chi connectivity index (χ4n) is 2.61. The molecule has 1 aromatic rings. The van der Waals surface area contributed by atoms with Crippen molar-refractivity contribution >= 4 is 5.78 Å². The smallest absolute Gasteiger partial charge is 0.162 e.